The molecule has 13 heteroatoms. The number of nitro groups is 1. The topological polar surface area (TPSA) is 130 Å². The molecule has 228 valence electrons. The van der Waals surface area contributed by atoms with Gasteiger partial charge in [0.05, 0.1) is 15.5 Å². The Kier molecular flexibility index (Phi) is 10.6. The van der Waals surface area contributed by atoms with Crippen LogP contribution in [0.4, 0.5) is 11.4 Å². The molecule has 0 heterocycles. The van der Waals surface area contributed by atoms with E-state index in [2.05, 4.69) is 5.32 Å². The number of benzene rings is 4. The van der Waals surface area contributed by atoms with Crippen molar-refractivity contribution in [2.45, 2.75) is 23.9 Å². The molecule has 0 aliphatic rings. The van der Waals surface area contributed by atoms with Gasteiger partial charge < -0.3 is 10.2 Å². The standard InChI is InChI=1S/C31H28Cl2N4O6S/c1-34-31(39)29(19-22-9-4-2-5-10-22)35(20-26-27(32)13-8-14-28(26)33)30(38)21-36(23-15-17-24(18-16-23)37(40)41)44(42,43)25-11-6-3-7-12-25/h2-18,29H,19-21H2,1H3,(H,34,39)/t29-/m0/s1. The second-order valence-corrected chi connectivity index (χ2v) is 12.3. The molecular formula is C31H28Cl2N4O6S. The van der Waals surface area contributed by atoms with Gasteiger partial charge in [-0.3, -0.25) is 24.0 Å². The first-order valence-electron chi connectivity index (χ1n) is 13.3. The van der Waals surface area contributed by atoms with Gasteiger partial charge in [-0.25, -0.2) is 8.42 Å². The van der Waals surface area contributed by atoms with E-state index < -0.39 is 39.3 Å². The van der Waals surface area contributed by atoms with Crippen molar-refractivity contribution >= 4 is 56.4 Å². The maximum absolute atomic E-state index is 14.3. The average molecular weight is 656 g/mol. The molecule has 0 saturated carbocycles. The quantitative estimate of drug-likeness (QED) is 0.159. The Labute approximate surface area is 265 Å². The molecule has 1 atom stereocenters. The fourth-order valence-corrected chi connectivity index (χ4v) is 6.52. The summed E-state index contributed by atoms with van der Waals surface area (Å²) in [6, 6.07) is 25.1. The fraction of sp³-hybridized carbons (Fsp3) is 0.161. The molecule has 44 heavy (non-hydrogen) atoms. The van der Waals surface area contributed by atoms with Crippen molar-refractivity contribution in [3.63, 3.8) is 0 Å². The molecule has 0 unspecified atom stereocenters. The lowest BCUT2D eigenvalue weighted by Crippen LogP contribution is -2.53. The number of sulfonamides is 1. The molecule has 4 aromatic rings. The van der Waals surface area contributed by atoms with E-state index >= 15 is 0 Å². The molecule has 0 radical (unpaired) electrons. The lowest BCUT2D eigenvalue weighted by Gasteiger charge is -2.34. The van der Waals surface area contributed by atoms with Crippen LogP contribution in [-0.2, 0) is 32.6 Å². The molecule has 2 amide bonds. The largest absolute Gasteiger partial charge is 0.357 e. The normalized spacial score (nSPS) is 11.8. The first-order chi connectivity index (χ1) is 21.0. The number of non-ortho nitro benzene ring substituents is 1. The minimum Gasteiger partial charge on any atom is -0.357 e. The van der Waals surface area contributed by atoms with Gasteiger partial charge in [-0.15, -0.1) is 0 Å². The summed E-state index contributed by atoms with van der Waals surface area (Å²) in [7, 11) is -2.91. The van der Waals surface area contributed by atoms with Gasteiger partial charge in [0.25, 0.3) is 15.7 Å². The lowest BCUT2D eigenvalue weighted by atomic mass is 10.0. The maximum atomic E-state index is 14.3. The zero-order chi connectivity index (χ0) is 31.9. The Balaban J connectivity index is 1.82. The minimum atomic E-state index is -4.35. The third kappa shape index (κ3) is 7.54. The highest BCUT2D eigenvalue weighted by Gasteiger charge is 2.35. The van der Waals surface area contributed by atoms with Crippen LogP contribution in [0.3, 0.4) is 0 Å². The average Bonchev–Trinajstić information content (AvgIpc) is 3.03. The van der Waals surface area contributed by atoms with Gasteiger partial charge in [-0.1, -0.05) is 77.8 Å². The van der Waals surface area contributed by atoms with Gasteiger partial charge >= 0.3 is 0 Å². The summed E-state index contributed by atoms with van der Waals surface area (Å²) < 4.78 is 28.7. The van der Waals surface area contributed by atoms with Crippen molar-refractivity contribution in [1.29, 1.82) is 0 Å². The number of nitrogens with zero attached hydrogens (tertiary/aromatic N) is 3. The van der Waals surface area contributed by atoms with Crippen LogP contribution in [0.15, 0.2) is 108 Å². The number of carbonyl (C=O) groups is 2. The fourth-order valence-electron chi connectivity index (χ4n) is 4.56. The molecule has 0 aliphatic heterocycles. The Morgan fingerprint density at radius 2 is 1.43 bits per heavy atom. The van der Waals surface area contributed by atoms with E-state index in [4.69, 9.17) is 23.2 Å². The highest BCUT2D eigenvalue weighted by Crippen LogP contribution is 2.29. The minimum absolute atomic E-state index is 0.0167. The van der Waals surface area contributed by atoms with E-state index in [9.17, 15) is 28.1 Å². The second-order valence-electron chi connectivity index (χ2n) is 9.64. The summed E-state index contributed by atoms with van der Waals surface area (Å²) in [6.07, 6.45) is 0.108. The van der Waals surface area contributed by atoms with Crippen LogP contribution >= 0.6 is 23.2 Å². The summed E-state index contributed by atoms with van der Waals surface area (Å²) in [4.78, 5) is 39.4. The Morgan fingerprint density at radius 3 is 1.98 bits per heavy atom. The predicted octanol–water partition coefficient (Wildman–Crippen LogP) is 5.48. The molecule has 0 saturated heterocycles. The van der Waals surface area contributed by atoms with Crippen LogP contribution < -0.4 is 9.62 Å². The summed E-state index contributed by atoms with van der Waals surface area (Å²) >= 11 is 12.9. The number of carbonyl (C=O) groups excluding carboxylic acids is 2. The van der Waals surface area contributed by atoms with Crippen LogP contribution in [-0.4, -0.2) is 49.7 Å². The van der Waals surface area contributed by atoms with Gasteiger partial charge in [-0.05, 0) is 42.0 Å². The van der Waals surface area contributed by atoms with Gasteiger partial charge in [0.15, 0.2) is 0 Å². The molecule has 0 fully saturated rings. The van der Waals surface area contributed by atoms with Crippen molar-refractivity contribution in [2.24, 2.45) is 0 Å². The summed E-state index contributed by atoms with van der Waals surface area (Å²) in [5, 5.41) is 14.4. The number of hydrogen-bond donors (Lipinski definition) is 1. The van der Waals surface area contributed by atoms with Crippen LogP contribution in [0, 0.1) is 10.1 Å². The van der Waals surface area contributed by atoms with Crippen LogP contribution in [0.2, 0.25) is 10.0 Å². The lowest BCUT2D eigenvalue weighted by molar-refractivity contribution is -0.384. The van der Waals surface area contributed by atoms with Crippen molar-refractivity contribution < 1.29 is 22.9 Å². The van der Waals surface area contributed by atoms with Gasteiger partial charge in [-0.2, -0.15) is 0 Å². The van der Waals surface area contributed by atoms with E-state index in [-0.39, 0.29) is 39.3 Å². The van der Waals surface area contributed by atoms with Crippen molar-refractivity contribution in [2.75, 3.05) is 17.9 Å². The molecule has 1 N–H and O–H groups in total. The Morgan fingerprint density at radius 1 is 0.864 bits per heavy atom. The molecule has 10 nitrogen and oxygen atoms in total. The number of nitro benzene ring substituents is 1. The van der Waals surface area contributed by atoms with E-state index in [1.54, 1.807) is 36.4 Å². The summed E-state index contributed by atoms with van der Waals surface area (Å²) in [6.45, 7) is -0.943. The number of anilines is 1. The monoisotopic (exact) mass is 654 g/mol. The number of hydrogen-bond acceptors (Lipinski definition) is 6. The highest BCUT2D eigenvalue weighted by molar-refractivity contribution is 7.92. The number of rotatable bonds is 12. The molecule has 0 bridgehead atoms. The third-order valence-corrected chi connectivity index (χ3v) is 9.36. The molecule has 4 aromatic carbocycles. The molecule has 0 aromatic heterocycles. The predicted molar refractivity (Wildman–Crippen MR) is 169 cm³/mol. The summed E-state index contributed by atoms with van der Waals surface area (Å²) in [5.74, 6) is -1.22. The Hall–Kier alpha value is -4.45. The van der Waals surface area contributed by atoms with Crippen molar-refractivity contribution in [1.82, 2.24) is 10.2 Å². The van der Waals surface area contributed by atoms with Crippen molar-refractivity contribution in [3.8, 4) is 0 Å². The van der Waals surface area contributed by atoms with Crippen molar-refractivity contribution in [3.05, 3.63) is 134 Å². The van der Waals surface area contributed by atoms with Crippen LogP contribution in [0.1, 0.15) is 11.1 Å². The smallest absolute Gasteiger partial charge is 0.269 e. The van der Waals surface area contributed by atoms with E-state index in [0.29, 0.717) is 5.56 Å². The van der Waals surface area contributed by atoms with Crippen LogP contribution in [0.5, 0.6) is 0 Å². The number of amides is 2. The molecule has 4 rings (SSSR count). The molecule has 0 spiro atoms. The number of likely N-dealkylation sites (N-methyl/N-ethyl adjacent to an activating group) is 1. The third-order valence-electron chi connectivity index (χ3n) is 6.87. The van der Waals surface area contributed by atoms with E-state index in [0.717, 1.165) is 22.0 Å². The van der Waals surface area contributed by atoms with Gasteiger partial charge in [0.1, 0.15) is 12.6 Å². The SMILES string of the molecule is CNC(=O)[C@H](Cc1ccccc1)N(Cc1c(Cl)cccc1Cl)C(=O)CN(c1ccc([N+](=O)[O-])cc1)S(=O)(=O)c1ccccc1. The van der Waals surface area contributed by atoms with Gasteiger partial charge in [0, 0.05) is 47.8 Å². The first kappa shape index (κ1) is 32.5. The molecule has 0 aliphatic carbocycles. The van der Waals surface area contributed by atoms with Crippen LogP contribution in [0.25, 0.3) is 0 Å². The highest BCUT2D eigenvalue weighted by atomic mass is 35.5. The zero-order valence-electron chi connectivity index (χ0n) is 23.5. The second kappa shape index (κ2) is 14.3. The Bertz CT molecular complexity index is 1720. The number of nitrogens with one attached hydrogen (secondary N) is 1. The first-order valence-corrected chi connectivity index (χ1v) is 15.5. The van der Waals surface area contributed by atoms with E-state index in [1.807, 2.05) is 18.2 Å². The maximum Gasteiger partial charge on any atom is 0.269 e. The van der Waals surface area contributed by atoms with Gasteiger partial charge in [0.2, 0.25) is 11.8 Å². The zero-order valence-corrected chi connectivity index (χ0v) is 25.8. The summed E-state index contributed by atoms with van der Waals surface area (Å²) in [5.41, 5.74) is 0.894. The number of halogens is 2. The van der Waals surface area contributed by atoms with E-state index in [1.165, 1.54) is 48.3 Å². The molecular weight excluding hydrogens is 627 g/mol.